The lowest BCUT2D eigenvalue weighted by Crippen LogP contribution is -2.32. The van der Waals surface area contributed by atoms with Crippen LogP contribution >= 0.6 is 15.9 Å². The number of nitrogens with zero attached hydrogens (tertiary/aromatic N) is 1. The predicted octanol–water partition coefficient (Wildman–Crippen LogP) is 3.52. The summed E-state index contributed by atoms with van der Waals surface area (Å²) in [6, 6.07) is 16.0. The van der Waals surface area contributed by atoms with Gasteiger partial charge in [-0.25, -0.2) is 4.79 Å². The highest BCUT2D eigenvalue weighted by Crippen LogP contribution is 2.23. The van der Waals surface area contributed by atoms with Crippen LogP contribution in [-0.2, 0) is 0 Å². The van der Waals surface area contributed by atoms with Gasteiger partial charge in [0, 0.05) is 0 Å². The first-order valence-electron chi connectivity index (χ1n) is 6.62. The number of rotatable bonds is 5. The number of ether oxygens (including phenoxy) is 1. The fourth-order valence-electron chi connectivity index (χ4n) is 1.74. The van der Waals surface area contributed by atoms with Crippen LogP contribution in [0.2, 0.25) is 0 Å². The zero-order valence-corrected chi connectivity index (χ0v) is 13.3. The molecular weight excluding hydrogens is 346 g/mol. The maximum atomic E-state index is 11.8. The Labute approximate surface area is 137 Å². The average Bonchev–Trinajstić information content (AvgIpc) is 2.53. The number of halogens is 1. The maximum absolute atomic E-state index is 11.8. The zero-order chi connectivity index (χ0) is 15.8. The molecule has 0 aliphatic carbocycles. The number of para-hydroxylation sites is 2. The third kappa shape index (κ3) is 4.50. The van der Waals surface area contributed by atoms with E-state index in [1.165, 1.54) is 0 Å². The van der Waals surface area contributed by atoms with E-state index < -0.39 is 0 Å². The van der Waals surface area contributed by atoms with Gasteiger partial charge in [-0.15, -0.1) is 0 Å². The highest BCUT2D eigenvalue weighted by atomic mass is 79.9. The molecule has 2 N–H and O–H groups in total. The Morgan fingerprint density at radius 2 is 1.91 bits per heavy atom. The van der Waals surface area contributed by atoms with Crippen LogP contribution < -0.4 is 15.4 Å². The van der Waals surface area contributed by atoms with Crippen molar-refractivity contribution in [2.45, 2.75) is 0 Å². The molecule has 5 nitrogen and oxygen atoms in total. The van der Waals surface area contributed by atoms with Gasteiger partial charge in [0.25, 0.3) is 0 Å². The first kappa shape index (κ1) is 15.9. The molecule has 0 radical (unpaired) electrons. The van der Waals surface area contributed by atoms with Gasteiger partial charge in [0.2, 0.25) is 0 Å². The third-order valence-electron chi connectivity index (χ3n) is 2.78. The normalized spacial score (nSPS) is 9.64. The van der Waals surface area contributed by atoms with Crippen LogP contribution in [0.1, 0.15) is 5.56 Å². The fourth-order valence-corrected chi connectivity index (χ4v) is 2.14. The van der Waals surface area contributed by atoms with Gasteiger partial charge in [-0.2, -0.15) is 5.26 Å². The lowest BCUT2D eigenvalue weighted by atomic mass is 10.2. The molecule has 0 unspecified atom stereocenters. The van der Waals surface area contributed by atoms with Gasteiger partial charge in [-0.1, -0.05) is 24.3 Å². The summed E-state index contributed by atoms with van der Waals surface area (Å²) in [6.45, 7) is 0.692. The van der Waals surface area contributed by atoms with E-state index in [1.807, 2.05) is 30.3 Å². The van der Waals surface area contributed by atoms with Crippen LogP contribution in [0.25, 0.3) is 0 Å². The molecular formula is C16H14BrN3O2. The molecule has 0 heterocycles. The van der Waals surface area contributed by atoms with Gasteiger partial charge in [0.15, 0.2) is 0 Å². The minimum absolute atomic E-state index is 0.343. The predicted molar refractivity (Wildman–Crippen MR) is 87.8 cm³/mol. The molecule has 2 amide bonds. The molecule has 2 rings (SSSR count). The molecule has 0 bridgehead atoms. The van der Waals surface area contributed by atoms with E-state index >= 15 is 0 Å². The van der Waals surface area contributed by atoms with Gasteiger partial charge in [-0.3, -0.25) is 0 Å². The molecule has 0 aliphatic heterocycles. The number of hydrogen-bond acceptors (Lipinski definition) is 3. The zero-order valence-electron chi connectivity index (χ0n) is 11.7. The average molecular weight is 360 g/mol. The van der Waals surface area contributed by atoms with Gasteiger partial charge in [0.1, 0.15) is 18.4 Å². The van der Waals surface area contributed by atoms with Crippen molar-refractivity contribution in [3.8, 4) is 11.8 Å². The molecule has 22 heavy (non-hydrogen) atoms. The Morgan fingerprint density at radius 3 is 2.68 bits per heavy atom. The first-order valence-corrected chi connectivity index (χ1v) is 7.41. The van der Waals surface area contributed by atoms with Crippen molar-refractivity contribution >= 4 is 27.6 Å². The summed E-state index contributed by atoms with van der Waals surface area (Å²) in [5.74, 6) is 0.722. The molecule has 0 saturated heterocycles. The van der Waals surface area contributed by atoms with Crippen LogP contribution in [0.3, 0.4) is 0 Å². The fraction of sp³-hybridized carbons (Fsp3) is 0.125. The van der Waals surface area contributed by atoms with E-state index in [0.717, 1.165) is 10.2 Å². The maximum Gasteiger partial charge on any atom is 0.319 e. The monoisotopic (exact) mass is 359 g/mol. The van der Waals surface area contributed by atoms with Crippen molar-refractivity contribution in [1.82, 2.24) is 5.32 Å². The van der Waals surface area contributed by atoms with Crippen LogP contribution in [-0.4, -0.2) is 19.2 Å². The number of anilines is 1. The minimum Gasteiger partial charge on any atom is -0.491 e. The van der Waals surface area contributed by atoms with Crippen molar-refractivity contribution < 1.29 is 9.53 Å². The first-order chi connectivity index (χ1) is 10.7. The third-order valence-corrected chi connectivity index (χ3v) is 3.43. The van der Waals surface area contributed by atoms with Crippen molar-refractivity contribution in [3.63, 3.8) is 0 Å². The molecule has 0 spiro atoms. The lowest BCUT2D eigenvalue weighted by molar-refractivity contribution is 0.247. The van der Waals surface area contributed by atoms with Crippen LogP contribution in [0.15, 0.2) is 53.0 Å². The Bertz CT molecular complexity index is 698. The van der Waals surface area contributed by atoms with Crippen molar-refractivity contribution in [3.05, 3.63) is 58.6 Å². The van der Waals surface area contributed by atoms with E-state index in [9.17, 15) is 4.79 Å². The molecule has 0 aromatic heterocycles. The van der Waals surface area contributed by atoms with Crippen LogP contribution in [0.4, 0.5) is 10.5 Å². The van der Waals surface area contributed by atoms with E-state index in [2.05, 4.69) is 26.6 Å². The number of hydrogen-bond donors (Lipinski definition) is 2. The number of benzene rings is 2. The molecule has 0 atom stereocenters. The number of nitrogens with one attached hydrogen (secondary N) is 2. The van der Waals surface area contributed by atoms with Gasteiger partial charge >= 0.3 is 6.03 Å². The molecule has 0 saturated carbocycles. The van der Waals surface area contributed by atoms with Crippen molar-refractivity contribution in [2.24, 2.45) is 0 Å². The Kier molecular flexibility index (Phi) is 5.81. The highest BCUT2D eigenvalue weighted by molar-refractivity contribution is 9.10. The second-order valence-corrected chi connectivity index (χ2v) is 5.17. The Morgan fingerprint density at radius 1 is 1.18 bits per heavy atom. The number of carbonyl (C=O) groups is 1. The van der Waals surface area contributed by atoms with Gasteiger partial charge < -0.3 is 15.4 Å². The summed E-state index contributed by atoms with van der Waals surface area (Å²) in [6.07, 6.45) is 0. The summed E-state index contributed by atoms with van der Waals surface area (Å²) < 4.78 is 6.40. The number of amides is 2. The van der Waals surface area contributed by atoms with Gasteiger partial charge in [0.05, 0.1) is 22.3 Å². The summed E-state index contributed by atoms with van der Waals surface area (Å²) in [5, 5.41) is 14.3. The number of carbonyl (C=O) groups excluding carboxylic acids is 1. The molecule has 2 aromatic carbocycles. The topological polar surface area (TPSA) is 74.2 Å². The molecule has 112 valence electrons. The van der Waals surface area contributed by atoms with E-state index in [0.29, 0.717) is 24.4 Å². The van der Waals surface area contributed by atoms with Crippen LogP contribution in [0, 0.1) is 11.3 Å². The molecule has 0 aliphatic rings. The van der Waals surface area contributed by atoms with Crippen molar-refractivity contribution in [2.75, 3.05) is 18.5 Å². The Balaban J connectivity index is 1.77. The molecule has 2 aromatic rings. The molecule has 0 fully saturated rings. The minimum atomic E-state index is -0.376. The Hall–Kier alpha value is -2.52. The smallest absolute Gasteiger partial charge is 0.319 e. The standard InChI is InChI=1S/C16H14BrN3O2/c17-13-6-2-4-8-15(13)22-10-9-19-16(21)20-14-7-3-1-5-12(14)11-18/h1-8H,9-10H2,(H2,19,20,21). The highest BCUT2D eigenvalue weighted by Gasteiger charge is 2.05. The van der Waals surface area contributed by atoms with Crippen molar-refractivity contribution in [1.29, 1.82) is 5.26 Å². The lowest BCUT2D eigenvalue weighted by Gasteiger charge is -2.10. The quantitative estimate of drug-likeness (QED) is 0.802. The number of nitriles is 1. The van der Waals surface area contributed by atoms with Gasteiger partial charge in [-0.05, 0) is 40.2 Å². The van der Waals surface area contributed by atoms with E-state index in [-0.39, 0.29) is 6.03 Å². The summed E-state index contributed by atoms with van der Waals surface area (Å²) in [4.78, 5) is 11.8. The number of urea groups is 1. The SMILES string of the molecule is N#Cc1ccccc1NC(=O)NCCOc1ccccc1Br. The van der Waals surface area contributed by atoms with E-state index in [1.54, 1.807) is 24.3 Å². The van der Waals surface area contributed by atoms with Crippen LogP contribution in [0.5, 0.6) is 5.75 Å². The summed E-state index contributed by atoms with van der Waals surface area (Å²) in [7, 11) is 0. The second-order valence-electron chi connectivity index (χ2n) is 4.32. The molecule has 6 heteroatoms. The second kappa shape index (κ2) is 8.05. The summed E-state index contributed by atoms with van der Waals surface area (Å²) in [5.41, 5.74) is 0.899. The largest absolute Gasteiger partial charge is 0.491 e. The van der Waals surface area contributed by atoms with E-state index in [4.69, 9.17) is 10.00 Å². The summed E-state index contributed by atoms with van der Waals surface area (Å²) >= 11 is 3.38.